The third-order valence-electron chi connectivity index (χ3n) is 4.52. The first-order chi connectivity index (χ1) is 12.1. The third-order valence-corrected chi connectivity index (χ3v) is 4.52. The zero-order valence-electron chi connectivity index (χ0n) is 14.1. The van der Waals surface area contributed by atoms with Crippen LogP contribution in [-0.2, 0) is 11.3 Å². The molecule has 3 N–H and O–H groups in total. The fraction of sp³-hybridized carbons (Fsp3) is 0.350. The molecule has 0 radical (unpaired) electrons. The maximum Gasteiger partial charge on any atom is 0.223 e. The Morgan fingerprint density at radius 2 is 1.72 bits per heavy atom. The van der Waals surface area contributed by atoms with Crippen LogP contribution in [0.2, 0.25) is 0 Å². The summed E-state index contributed by atoms with van der Waals surface area (Å²) in [7, 11) is 0. The van der Waals surface area contributed by atoms with Crippen LogP contribution in [0.1, 0.15) is 31.2 Å². The van der Waals surface area contributed by atoms with Crippen molar-refractivity contribution in [1.29, 1.82) is 0 Å². The molecule has 0 aromatic heterocycles. The van der Waals surface area contributed by atoms with Crippen LogP contribution in [0.15, 0.2) is 48.5 Å². The maximum atomic E-state index is 12.9. The molecule has 1 aliphatic carbocycles. The van der Waals surface area contributed by atoms with Gasteiger partial charge in [-0.1, -0.05) is 18.6 Å². The number of benzene rings is 2. The number of nitrogens with two attached hydrogens (primary N) is 1. The maximum absolute atomic E-state index is 12.9. The van der Waals surface area contributed by atoms with Crippen LogP contribution in [0.25, 0.3) is 0 Å². The molecular formula is C20H23FN2O2. The Morgan fingerprint density at radius 1 is 1.08 bits per heavy atom. The van der Waals surface area contributed by atoms with Gasteiger partial charge in [0.15, 0.2) is 0 Å². The molecule has 1 aliphatic rings. The highest BCUT2D eigenvalue weighted by Gasteiger charge is 2.24. The lowest BCUT2D eigenvalue weighted by atomic mass is 9.85. The van der Waals surface area contributed by atoms with Crippen molar-refractivity contribution >= 4 is 5.91 Å². The van der Waals surface area contributed by atoms with E-state index in [1.807, 2.05) is 24.3 Å². The summed E-state index contributed by atoms with van der Waals surface area (Å²) in [5.74, 6) is 1.07. The lowest BCUT2D eigenvalue weighted by molar-refractivity contribution is -0.126. The standard InChI is InChI=1S/C20H23FN2O2/c21-16-6-10-19(11-7-16)25-18-8-4-14(5-9-18)13-23-20(24)15-2-1-3-17(22)12-15/h4-11,15,17H,1-3,12-13,22H2,(H,23,24). The van der Waals surface area contributed by atoms with Crippen molar-refractivity contribution in [2.45, 2.75) is 38.3 Å². The molecule has 2 unspecified atom stereocenters. The minimum absolute atomic E-state index is 0.0323. The molecule has 1 saturated carbocycles. The molecule has 0 spiro atoms. The van der Waals surface area contributed by atoms with Gasteiger partial charge in [-0.3, -0.25) is 4.79 Å². The second-order valence-electron chi connectivity index (χ2n) is 6.54. The lowest BCUT2D eigenvalue weighted by Gasteiger charge is -2.25. The van der Waals surface area contributed by atoms with Gasteiger partial charge >= 0.3 is 0 Å². The summed E-state index contributed by atoms with van der Waals surface area (Å²) in [6, 6.07) is 13.5. The number of amides is 1. The smallest absolute Gasteiger partial charge is 0.223 e. The van der Waals surface area contributed by atoms with Gasteiger partial charge in [0.05, 0.1) is 0 Å². The molecule has 2 aromatic rings. The summed E-state index contributed by atoms with van der Waals surface area (Å²) in [6.45, 7) is 0.487. The van der Waals surface area contributed by atoms with Gasteiger partial charge in [0.2, 0.25) is 5.91 Å². The van der Waals surface area contributed by atoms with Gasteiger partial charge in [-0.25, -0.2) is 4.39 Å². The summed E-state index contributed by atoms with van der Waals surface area (Å²) >= 11 is 0. The molecule has 0 aliphatic heterocycles. The molecule has 25 heavy (non-hydrogen) atoms. The summed E-state index contributed by atoms with van der Waals surface area (Å²) in [5.41, 5.74) is 6.94. The molecule has 4 nitrogen and oxygen atoms in total. The largest absolute Gasteiger partial charge is 0.457 e. The van der Waals surface area contributed by atoms with E-state index in [2.05, 4.69) is 5.32 Å². The highest BCUT2D eigenvalue weighted by molar-refractivity contribution is 5.78. The highest BCUT2D eigenvalue weighted by Crippen LogP contribution is 2.24. The Kier molecular flexibility index (Phi) is 5.66. The van der Waals surface area contributed by atoms with E-state index in [0.717, 1.165) is 31.2 Å². The monoisotopic (exact) mass is 342 g/mol. The number of nitrogens with one attached hydrogen (secondary N) is 1. The second kappa shape index (κ2) is 8.12. The van der Waals surface area contributed by atoms with Crippen LogP contribution in [-0.4, -0.2) is 11.9 Å². The number of ether oxygens (including phenoxy) is 1. The highest BCUT2D eigenvalue weighted by atomic mass is 19.1. The molecule has 132 valence electrons. The Balaban J connectivity index is 1.50. The molecule has 1 amide bonds. The molecule has 0 heterocycles. The van der Waals surface area contributed by atoms with Gasteiger partial charge in [-0.2, -0.15) is 0 Å². The first-order valence-electron chi connectivity index (χ1n) is 8.66. The van der Waals surface area contributed by atoms with E-state index in [1.54, 1.807) is 12.1 Å². The Bertz CT molecular complexity index is 701. The van der Waals surface area contributed by atoms with Crippen molar-refractivity contribution in [3.05, 3.63) is 59.9 Å². The summed E-state index contributed by atoms with van der Waals surface area (Å²) in [5, 5.41) is 2.99. The van der Waals surface area contributed by atoms with Crippen molar-refractivity contribution in [3.8, 4) is 11.5 Å². The van der Waals surface area contributed by atoms with E-state index in [1.165, 1.54) is 12.1 Å². The molecule has 2 atom stereocenters. The molecular weight excluding hydrogens is 319 g/mol. The number of hydrogen-bond acceptors (Lipinski definition) is 3. The molecule has 0 saturated heterocycles. The molecule has 5 heteroatoms. The van der Waals surface area contributed by atoms with E-state index in [4.69, 9.17) is 10.5 Å². The number of carbonyl (C=O) groups is 1. The van der Waals surface area contributed by atoms with Crippen molar-refractivity contribution in [2.75, 3.05) is 0 Å². The Labute approximate surface area is 147 Å². The zero-order chi connectivity index (χ0) is 17.6. The minimum atomic E-state index is -0.294. The third kappa shape index (κ3) is 5.03. The summed E-state index contributed by atoms with van der Waals surface area (Å²) in [6.07, 6.45) is 3.73. The number of hydrogen-bond donors (Lipinski definition) is 2. The summed E-state index contributed by atoms with van der Waals surface area (Å²) < 4.78 is 18.5. The first kappa shape index (κ1) is 17.4. The minimum Gasteiger partial charge on any atom is -0.457 e. The summed E-state index contributed by atoms with van der Waals surface area (Å²) in [4.78, 5) is 12.2. The first-order valence-corrected chi connectivity index (χ1v) is 8.66. The van der Waals surface area contributed by atoms with Gasteiger partial charge in [-0.05, 0) is 61.2 Å². The van der Waals surface area contributed by atoms with Gasteiger partial charge in [0, 0.05) is 18.5 Å². The van der Waals surface area contributed by atoms with Crippen LogP contribution in [0.3, 0.4) is 0 Å². The molecule has 3 rings (SSSR count). The Hall–Kier alpha value is -2.40. The van der Waals surface area contributed by atoms with E-state index in [0.29, 0.717) is 18.0 Å². The average molecular weight is 342 g/mol. The van der Waals surface area contributed by atoms with E-state index in [9.17, 15) is 9.18 Å². The Morgan fingerprint density at radius 3 is 2.36 bits per heavy atom. The van der Waals surface area contributed by atoms with Crippen LogP contribution in [0.5, 0.6) is 11.5 Å². The number of halogens is 1. The number of carbonyl (C=O) groups excluding carboxylic acids is 1. The molecule has 1 fully saturated rings. The van der Waals surface area contributed by atoms with Crippen LogP contribution in [0.4, 0.5) is 4.39 Å². The van der Waals surface area contributed by atoms with Crippen molar-refractivity contribution < 1.29 is 13.9 Å². The van der Waals surface area contributed by atoms with Crippen molar-refractivity contribution in [2.24, 2.45) is 11.7 Å². The normalized spacial score (nSPS) is 20.1. The quantitative estimate of drug-likeness (QED) is 0.870. The van der Waals surface area contributed by atoms with E-state index >= 15 is 0 Å². The van der Waals surface area contributed by atoms with Gasteiger partial charge in [0.1, 0.15) is 17.3 Å². The van der Waals surface area contributed by atoms with Crippen LogP contribution < -0.4 is 15.8 Å². The second-order valence-corrected chi connectivity index (χ2v) is 6.54. The average Bonchev–Trinajstić information content (AvgIpc) is 2.63. The lowest BCUT2D eigenvalue weighted by Crippen LogP contribution is -2.37. The molecule has 2 aromatic carbocycles. The topological polar surface area (TPSA) is 64.4 Å². The SMILES string of the molecule is NC1CCCC(C(=O)NCc2ccc(Oc3ccc(F)cc3)cc2)C1. The fourth-order valence-electron chi connectivity index (χ4n) is 3.11. The fourth-order valence-corrected chi connectivity index (χ4v) is 3.11. The zero-order valence-corrected chi connectivity index (χ0v) is 14.1. The molecule has 0 bridgehead atoms. The predicted molar refractivity (Wildman–Crippen MR) is 94.7 cm³/mol. The van der Waals surface area contributed by atoms with E-state index < -0.39 is 0 Å². The number of rotatable bonds is 5. The van der Waals surface area contributed by atoms with Crippen LogP contribution in [0, 0.1) is 11.7 Å². The predicted octanol–water partition coefficient (Wildman–Crippen LogP) is 3.75. The van der Waals surface area contributed by atoms with Crippen molar-refractivity contribution in [1.82, 2.24) is 5.32 Å². The van der Waals surface area contributed by atoms with E-state index in [-0.39, 0.29) is 23.7 Å². The van der Waals surface area contributed by atoms with Crippen molar-refractivity contribution in [3.63, 3.8) is 0 Å². The van der Waals surface area contributed by atoms with Gasteiger partial charge in [0.25, 0.3) is 0 Å². The van der Waals surface area contributed by atoms with Crippen LogP contribution >= 0.6 is 0 Å². The van der Waals surface area contributed by atoms with Gasteiger partial charge < -0.3 is 15.8 Å². The van der Waals surface area contributed by atoms with Gasteiger partial charge in [-0.15, -0.1) is 0 Å².